The summed E-state index contributed by atoms with van der Waals surface area (Å²) in [5, 5.41) is 0. The van der Waals surface area contributed by atoms with Crippen molar-refractivity contribution in [2.75, 3.05) is 0 Å². The fourth-order valence-corrected chi connectivity index (χ4v) is 2.75. The van der Waals surface area contributed by atoms with E-state index in [4.69, 9.17) is 5.73 Å². The van der Waals surface area contributed by atoms with Crippen LogP contribution in [0.4, 0.5) is 0 Å². The molecule has 1 heterocycles. The number of pyridine rings is 1. The van der Waals surface area contributed by atoms with E-state index >= 15 is 0 Å². The highest BCUT2D eigenvalue weighted by Crippen LogP contribution is 2.25. The average molecular weight is 370 g/mol. The van der Waals surface area contributed by atoms with E-state index in [1.165, 1.54) is 11.1 Å². The summed E-state index contributed by atoms with van der Waals surface area (Å²) in [6, 6.07) is 8.17. The third-order valence-corrected chi connectivity index (χ3v) is 4.22. The number of hydrogen-bond donors (Lipinski definition) is 1. The van der Waals surface area contributed by atoms with Gasteiger partial charge in [-0.05, 0) is 58.1 Å². The molecule has 0 saturated carbocycles. The SMILES string of the molecule is Cc1c(Br)cccc1C(N)Cc1cncc(Br)c1. The lowest BCUT2D eigenvalue weighted by Crippen LogP contribution is -2.15. The van der Waals surface area contributed by atoms with Crippen molar-refractivity contribution >= 4 is 31.9 Å². The number of nitrogens with zero attached hydrogens (tertiary/aromatic N) is 1. The molecule has 0 aliphatic rings. The second-order valence-corrected chi connectivity index (χ2v) is 6.05. The average Bonchev–Trinajstić information content (AvgIpc) is 2.32. The van der Waals surface area contributed by atoms with Gasteiger partial charge in [-0.25, -0.2) is 0 Å². The van der Waals surface area contributed by atoms with Gasteiger partial charge in [0.2, 0.25) is 0 Å². The van der Waals surface area contributed by atoms with E-state index in [2.05, 4.69) is 55.9 Å². The first kappa shape index (κ1) is 13.7. The predicted molar refractivity (Wildman–Crippen MR) is 81.4 cm³/mol. The molecule has 0 spiro atoms. The summed E-state index contributed by atoms with van der Waals surface area (Å²) < 4.78 is 2.08. The van der Waals surface area contributed by atoms with Crippen LogP contribution < -0.4 is 5.73 Å². The summed E-state index contributed by atoms with van der Waals surface area (Å²) >= 11 is 6.96. The lowest BCUT2D eigenvalue weighted by Gasteiger charge is -2.15. The molecular formula is C14H14Br2N2. The van der Waals surface area contributed by atoms with Crippen molar-refractivity contribution in [3.05, 3.63) is 62.3 Å². The number of nitrogens with two attached hydrogens (primary N) is 1. The normalized spacial score (nSPS) is 12.4. The Labute approximate surface area is 124 Å². The van der Waals surface area contributed by atoms with Crippen LogP contribution in [0.5, 0.6) is 0 Å². The molecule has 94 valence electrons. The minimum absolute atomic E-state index is 0.0152. The third kappa shape index (κ3) is 3.19. The van der Waals surface area contributed by atoms with Gasteiger partial charge in [0.05, 0.1) is 0 Å². The zero-order valence-electron chi connectivity index (χ0n) is 10.0. The Morgan fingerprint density at radius 2 is 2.06 bits per heavy atom. The molecule has 18 heavy (non-hydrogen) atoms. The molecule has 4 heteroatoms. The maximum absolute atomic E-state index is 6.28. The molecule has 0 aliphatic heterocycles. The first-order chi connectivity index (χ1) is 8.58. The van der Waals surface area contributed by atoms with Crippen LogP contribution in [-0.2, 0) is 6.42 Å². The summed E-state index contributed by atoms with van der Waals surface area (Å²) in [6.07, 6.45) is 4.42. The van der Waals surface area contributed by atoms with E-state index in [1.807, 2.05) is 18.3 Å². The number of hydrogen-bond acceptors (Lipinski definition) is 2. The molecule has 0 aliphatic carbocycles. The Morgan fingerprint density at radius 3 is 2.78 bits per heavy atom. The molecule has 2 N–H and O–H groups in total. The molecule has 0 radical (unpaired) electrons. The molecule has 2 aromatic rings. The van der Waals surface area contributed by atoms with Gasteiger partial charge in [-0.3, -0.25) is 4.98 Å². The third-order valence-electron chi connectivity index (χ3n) is 2.93. The van der Waals surface area contributed by atoms with Crippen LogP contribution in [0.2, 0.25) is 0 Å². The fraction of sp³-hybridized carbons (Fsp3) is 0.214. The zero-order valence-corrected chi connectivity index (χ0v) is 13.2. The smallest absolute Gasteiger partial charge is 0.0410 e. The molecule has 0 amide bonds. The molecule has 1 aromatic heterocycles. The Bertz CT molecular complexity index is 555. The van der Waals surface area contributed by atoms with E-state index in [0.29, 0.717) is 0 Å². The van der Waals surface area contributed by atoms with Gasteiger partial charge in [-0.1, -0.05) is 28.1 Å². The first-order valence-electron chi connectivity index (χ1n) is 5.68. The highest BCUT2D eigenvalue weighted by molar-refractivity contribution is 9.10. The van der Waals surface area contributed by atoms with Crippen molar-refractivity contribution in [2.45, 2.75) is 19.4 Å². The van der Waals surface area contributed by atoms with E-state index in [9.17, 15) is 0 Å². The summed E-state index contributed by atoms with van der Waals surface area (Å²) in [4.78, 5) is 4.16. The van der Waals surface area contributed by atoms with Crippen molar-refractivity contribution in [3.8, 4) is 0 Å². The predicted octanol–water partition coefficient (Wildman–Crippen LogP) is 4.16. The fourth-order valence-electron chi connectivity index (χ4n) is 1.96. The van der Waals surface area contributed by atoms with Gasteiger partial charge in [0.15, 0.2) is 0 Å². The first-order valence-corrected chi connectivity index (χ1v) is 7.26. The quantitative estimate of drug-likeness (QED) is 0.882. The molecule has 2 nitrogen and oxygen atoms in total. The topological polar surface area (TPSA) is 38.9 Å². The van der Waals surface area contributed by atoms with Gasteiger partial charge in [-0.2, -0.15) is 0 Å². The molecule has 1 atom stereocenters. The van der Waals surface area contributed by atoms with Crippen molar-refractivity contribution in [2.24, 2.45) is 5.73 Å². The highest BCUT2D eigenvalue weighted by Gasteiger charge is 2.11. The molecule has 2 rings (SSSR count). The number of aromatic nitrogens is 1. The molecule has 0 fully saturated rings. The van der Waals surface area contributed by atoms with E-state index < -0.39 is 0 Å². The molecule has 1 unspecified atom stereocenters. The molecule has 1 aromatic carbocycles. The minimum atomic E-state index is -0.0152. The Kier molecular flexibility index (Phi) is 4.54. The second-order valence-electron chi connectivity index (χ2n) is 4.28. The summed E-state index contributed by atoms with van der Waals surface area (Å²) in [7, 11) is 0. The van der Waals surface area contributed by atoms with Crippen molar-refractivity contribution in [3.63, 3.8) is 0 Å². The number of benzene rings is 1. The highest BCUT2D eigenvalue weighted by atomic mass is 79.9. The minimum Gasteiger partial charge on any atom is -0.324 e. The van der Waals surface area contributed by atoms with E-state index in [-0.39, 0.29) is 6.04 Å². The van der Waals surface area contributed by atoms with Crippen LogP contribution in [0, 0.1) is 6.92 Å². The summed E-state index contributed by atoms with van der Waals surface area (Å²) in [6.45, 7) is 2.08. The lowest BCUT2D eigenvalue weighted by atomic mass is 9.97. The monoisotopic (exact) mass is 368 g/mol. The van der Waals surface area contributed by atoms with Crippen molar-refractivity contribution < 1.29 is 0 Å². The zero-order chi connectivity index (χ0) is 13.1. The van der Waals surface area contributed by atoms with Gasteiger partial charge in [-0.15, -0.1) is 0 Å². The summed E-state index contributed by atoms with van der Waals surface area (Å²) in [5.74, 6) is 0. The molecular weight excluding hydrogens is 356 g/mol. The van der Waals surface area contributed by atoms with Gasteiger partial charge in [0, 0.05) is 27.4 Å². The molecule has 0 bridgehead atoms. The summed E-state index contributed by atoms with van der Waals surface area (Å²) in [5.41, 5.74) is 9.79. The van der Waals surface area contributed by atoms with Gasteiger partial charge < -0.3 is 5.73 Å². The number of halogens is 2. The standard InChI is InChI=1S/C14H14Br2N2/c1-9-12(3-2-4-13(9)16)14(17)6-10-5-11(15)8-18-7-10/h2-5,7-8,14H,6,17H2,1H3. The van der Waals surface area contributed by atoms with Crippen LogP contribution in [0.25, 0.3) is 0 Å². The maximum atomic E-state index is 6.28. The Morgan fingerprint density at radius 1 is 1.28 bits per heavy atom. The van der Waals surface area contributed by atoms with Crippen LogP contribution in [0.15, 0.2) is 45.6 Å². The maximum Gasteiger partial charge on any atom is 0.0410 e. The Hall–Kier alpha value is -0.710. The molecule has 0 saturated heterocycles. The van der Waals surface area contributed by atoms with Crippen LogP contribution in [-0.4, -0.2) is 4.98 Å². The Balaban J connectivity index is 2.22. The van der Waals surface area contributed by atoms with Crippen molar-refractivity contribution in [1.82, 2.24) is 4.98 Å². The van der Waals surface area contributed by atoms with Gasteiger partial charge in [0.25, 0.3) is 0 Å². The van der Waals surface area contributed by atoms with E-state index in [1.54, 1.807) is 6.20 Å². The van der Waals surface area contributed by atoms with Gasteiger partial charge >= 0.3 is 0 Å². The number of rotatable bonds is 3. The van der Waals surface area contributed by atoms with Crippen LogP contribution in [0.1, 0.15) is 22.7 Å². The lowest BCUT2D eigenvalue weighted by molar-refractivity contribution is 0.713. The van der Waals surface area contributed by atoms with Crippen LogP contribution in [0.3, 0.4) is 0 Å². The second kappa shape index (κ2) is 5.95. The van der Waals surface area contributed by atoms with Gasteiger partial charge in [0.1, 0.15) is 0 Å². The van der Waals surface area contributed by atoms with Crippen molar-refractivity contribution in [1.29, 1.82) is 0 Å². The van der Waals surface area contributed by atoms with E-state index in [0.717, 1.165) is 20.9 Å². The largest absolute Gasteiger partial charge is 0.324 e. The van der Waals surface area contributed by atoms with Crippen LogP contribution >= 0.6 is 31.9 Å².